The van der Waals surface area contributed by atoms with Crippen LogP contribution in [0.3, 0.4) is 0 Å². The summed E-state index contributed by atoms with van der Waals surface area (Å²) in [6.07, 6.45) is 3.47. The number of pyridine rings is 2. The van der Waals surface area contributed by atoms with E-state index in [4.69, 9.17) is 0 Å². The van der Waals surface area contributed by atoms with Crippen LogP contribution in [-0.4, -0.2) is 15.1 Å². The fourth-order valence-corrected chi connectivity index (χ4v) is 3.79. The van der Waals surface area contributed by atoms with E-state index in [0.29, 0.717) is 5.52 Å². The summed E-state index contributed by atoms with van der Waals surface area (Å²) in [6, 6.07) is 17.6. The molecule has 0 aliphatic rings. The Morgan fingerprint density at radius 1 is 0.857 bits per heavy atom. The molecule has 0 radical (unpaired) electrons. The zero-order valence-electron chi connectivity index (χ0n) is 16.3. The number of anilines is 1. The Morgan fingerprint density at radius 3 is 2.32 bits per heavy atom. The highest BCUT2D eigenvalue weighted by atomic mass is 16.3. The van der Waals surface area contributed by atoms with Crippen LogP contribution in [0, 0.1) is 20.8 Å². The summed E-state index contributed by atoms with van der Waals surface area (Å²) in [4.78, 5) is 8.93. The summed E-state index contributed by atoms with van der Waals surface area (Å²) in [6.45, 7) is 6.29. The van der Waals surface area contributed by atoms with Gasteiger partial charge in [-0.15, -0.1) is 0 Å². The molecule has 4 heteroatoms. The first-order valence-corrected chi connectivity index (χ1v) is 9.36. The zero-order chi connectivity index (χ0) is 19.7. The average Bonchev–Trinajstić information content (AvgIpc) is 2.69. The summed E-state index contributed by atoms with van der Waals surface area (Å²) >= 11 is 0. The Morgan fingerprint density at radius 2 is 1.61 bits per heavy atom. The van der Waals surface area contributed by atoms with Gasteiger partial charge in [-0.2, -0.15) is 0 Å². The van der Waals surface area contributed by atoms with Gasteiger partial charge in [0.15, 0.2) is 0 Å². The number of phenolic OH excluding ortho intramolecular Hbond substituents is 1. The lowest BCUT2D eigenvalue weighted by Gasteiger charge is -2.24. The van der Waals surface area contributed by atoms with Crippen LogP contribution in [0.4, 0.5) is 5.69 Å². The van der Waals surface area contributed by atoms with Gasteiger partial charge >= 0.3 is 0 Å². The first-order chi connectivity index (χ1) is 13.5. The van der Waals surface area contributed by atoms with E-state index in [1.54, 1.807) is 12.4 Å². The van der Waals surface area contributed by atoms with E-state index in [1.807, 2.05) is 42.5 Å². The molecule has 0 aliphatic carbocycles. The second-order valence-corrected chi connectivity index (χ2v) is 7.18. The molecule has 2 aromatic heterocycles. The minimum absolute atomic E-state index is 0.184. The number of aromatic nitrogens is 2. The molecular formula is C24H23N3O. The SMILES string of the molecule is Cc1cc(C)c(NC(c2ccccn2)c2ccc3cccnc3c2O)c(C)c1. The summed E-state index contributed by atoms with van der Waals surface area (Å²) in [7, 11) is 0. The van der Waals surface area contributed by atoms with Crippen LogP contribution in [0.2, 0.25) is 0 Å². The maximum atomic E-state index is 11.0. The molecule has 0 spiro atoms. The van der Waals surface area contributed by atoms with Crippen molar-refractivity contribution < 1.29 is 5.11 Å². The normalized spacial score (nSPS) is 12.1. The molecule has 0 saturated heterocycles. The lowest BCUT2D eigenvalue weighted by molar-refractivity contribution is 0.471. The van der Waals surface area contributed by atoms with Crippen molar-refractivity contribution in [3.63, 3.8) is 0 Å². The molecule has 2 heterocycles. The van der Waals surface area contributed by atoms with Crippen molar-refractivity contribution in [3.8, 4) is 5.75 Å². The molecule has 4 nitrogen and oxygen atoms in total. The Labute approximate surface area is 164 Å². The van der Waals surface area contributed by atoms with Crippen molar-refractivity contribution in [2.45, 2.75) is 26.8 Å². The first-order valence-electron chi connectivity index (χ1n) is 9.36. The number of aryl methyl sites for hydroxylation is 3. The van der Waals surface area contributed by atoms with Crippen molar-refractivity contribution in [2.24, 2.45) is 0 Å². The van der Waals surface area contributed by atoms with Crippen LogP contribution in [0.15, 0.2) is 67.0 Å². The van der Waals surface area contributed by atoms with Crippen LogP contribution >= 0.6 is 0 Å². The fraction of sp³-hybridized carbons (Fsp3) is 0.167. The molecule has 1 unspecified atom stereocenters. The highest BCUT2D eigenvalue weighted by molar-refractivity contribution is 5.86. The number of aromatic hydroxyl groups is 1. The van der Waals surface area contributed by atoms with E-state index < -0.39 is 0 Å². The minimum atomic E-state index is -0.298. The lowest BCUT2D eigenvalue weighted by atomic mass is 9.97. The van der Waals surface area contributed by atoms with Gasteiger partial charge in [0.1, 0.15) is 11.3 Å². The Hall–Kier alpha value is -3.40. The standard InChI is InChI=1S/C24H23N3O/c1-15-13-16(2)21(17(3)14-15)27-23(20-8-4-5-11-25-20)19-10-9-18-7-6-12-26-22(18)24(19)28/h4-14,23,27-28H,1-3H3. The monoisotopic (exact) mass is 369 g/mol. The van der Waals surface area contributed by atoms with Crippen molar-refractivity contribution in [3.05, 3.63) is 94.9 Å². The first kappa shape index (κ1) is 18.0. The van der Waals surface area contributed by atoms with Gasteiger partial charge in [-0.05, 0) is 50.1 Å². The van der Waals surface area contributed by atoms with E-state index in [2.05, 4.69) is 48.2 Å². The molecule has 0 fully saturated rings. The van der Waals surface area contributed by atoms with Gasteiger partial charge < -0.3 is 10.4 Å². The van der Waals surface area contributed by atoms with Crippen LogP contribution in [0.25, 0.3) is 10.9 Å². The number of phenols is 1. The molecule has 0 saturated carbocycles. The molecule has 140 valence electrons. The van der Waals surface area contributed by atoms with E-state index >= 15 is 0 Å². The predicted octanol–water partition coefficient (Wildman–Crippen LogP) is 5.46. The summed E-state index contributed by atoms with van der Waals surface area (Å²) < 4.78 is 0. The van der Waals surface area contributed by atoms with Gasteiger partial charge in [0.05, 0.1) is 11.7 Å². The lowest BCUT2D eigenvalue weighted by Crippen LogP contribution is -2.16. The maximum Gasteiger partial charge on any atom is 0.147 e. The summed E-state index contributed by atoms with van der Waals surface area (Å²) in [5, 5.41) is 15.6. The van der Waals surface area contributed by atoms with Crippen LogP contribution in [0.1, 0.15) is 34.0 Å². The van der Waals surface area contributed by atoms with E-state index in [0.717, 1.165) is 33.5 Å². The third-order valence-corrected chi connectivity index (χ3v) is 5.04. The molecule has 2 aromatic carbocycles. The smallest absolute Gasteiger partial charge is 0.147 e. The summed E-state index contributed by atoms with van der Waals surface area (Å²) in [5.41, 5.74) is 6.81. The summed E-state index contributed by atoms with van der Waals surface area (Å²) in [5.74, 6) is 0.184. The van der Waals surface area contributed by atoms with Gasteiger partial charge in [-0.1, -0.05) is 42.0 Å². The Balaban J connectivity index is 1.88. The number of fused-ring (bicyclic) bond motifs is 1. The largest absolute Gasteiger partial charge is 0.505 e. The molecule has 1 atom stereocenters. The van der Waals surface area contributed by atoms with E-state index in [-0.39, 0.29) is 11.8 Å². The van der Waals surface area contributed by atoms with Crippen molar-refractivity contribution in [1.82, 2.24) is 9.97 Å². The molecule has 4 aromatic rings. The second-order valence-electron chi connectivity index (χ2n) is 7.18. The van der Waals surface area contributed by atoms with Crippen molar-refractivity contribution in [1.29, 1.82) is 0 Å². The highest BCUT2D eigenvalue weighted by Gasteiger charge is 2.22. The fourth-order valence-electron chi connectivity index (χ4n) is 3.79. The number of rotatable bonds is 4. The second kappa shape index (κ2) is 7.31. The molecule has 4 rings (SSSR count). The van der Waals surface area contributed by atoms with Gasteiger partial charge in [0.25, 0.3) is 0 Å². The van der Waals surface area contributed by atoms with Gasteiger partial charge in [-0.25, -0.2) is 0 Å². The minimum Gasteiger partial charge on any atom is -0.505 e. The molecule has 0 bridgehead atoms. The molecule has 2 N–H and O–H groups in total. The van der Waals surface area contributed by atoms with Gasteiger partial charge in [0, 0.05) is 29.0 Å². The van der Waals surface area contributed by atoms with Crippen molar-refractivity contribution >= 4 is 16.6 Å². The van der Waals surface area contributed by atoms with Crippen LogP contribution < -0.4 is 5.32 Å². The molecular weight excluding hydrogens is 346 g/mol. The number of hydrogen-bond donors (Lipinski definition) is 2. The molecule has 28 heavy (non-hydrogen) atoms. The maximum absolute atomic E-state index is 11.0. The average molecular weight is 369 g/mol. The molecule has 0 aliphatic heterocycles. The highest BCUT2D eigenvalue weighted by Crippen LogP contribution is 2.37. The number of benzene rings is 2. The third-order valence-electron chi connectivity index (χ3n) is 5.04. The zero-order valence-corrected chi connectivity index (χ0v) is 16.3. The van der Waals surface area contributed by atoms with Crippen LogP contribution in [-0.2, 0) is 0 Å². The van der Waals surface area contributed by atoms with E-state index in [9.17, 15) is 5.11 Å². The Bertz CT molecular complexity index is 1120. The predicted molar refractivity (Wildman–Crippen MR) is 114 cm³/mol. The molecule has 0 amide bonds. The van der Waals surface area contributed by atoms with Crippen molar-refractivity contribution in [2.75, 3.05) is 5.32 Å². The van der Waals surface area contributed by atoms with Crippen LogP contribution in [0.5, 0.6) is 5.75 Å². The Kier molecular flexibility index (Phi) is 4.70. The topological polar surface area (TPSA) is 58.0 Å². The number of nitrogens with zero attached hydrogens (tertiary/aromatic N) is 2. The quantitative estimate of drug-likeness (QED) is 0.501. The van der Waals surface area contributed by atoms with Gasteiger partial charge in [0.2, 0.25) is 0 Å². The van der Waals surface area contributed by atoms with Gasteiger partial charge in [-0.3, -0.25) is 9.97 Å². The third kappa shape index (κ3) is 3.29. The number of nitrogens with one attached hydrogen (secondary N) is 1. The number of hydrogen-bond acceptors (Lipinski definition) is 4. The van der Waals surface area contributed by atoms with E-state index in [1.165, 1.54) is 5.56 Å².